The Kier molecular flexibility index (Phi) is 13.3. The van der Waals surface area contributed by atoms with E-state index in [1.54, 1.807) is 12.3 Å². The van der Waals surface area contributed by atoms with Gasteiger partial charge in [0.05, 0.1) is 11.4 Å². The third kappa shape index (κ3) is 9.55. The van der Waals surface area contributed by atoms with Crippen molar-refractivity contribution in [1.29, 1.82) is 0 Å². The van der Waals surface area contributed by atoms with Crippen LogP contribution in [0.25, 0.3) is 22.9 Å². The summed E-state index contributed by atoms with van der Waals surface area (Å²) in [5.74, 6) is 4.93. The van der Waals surface area contributed by atoms with Gasteiger partial charge in [-0.1, -0.05) is 5.92 Å². The van der Waals surface area contributed by atoms with Crippen molar-refractivity contribution in [1.82, 2.24) is 34.5 Å². The molecule has 5 aromatic heterocycles. The van der Waals surface area contributed by atoms with Crippen LogP contribution in [0.15, 0.2) is 79.3 Å². The molecule has 0 bridgehead atoms. The summed E-state index contributed by atoms with van der Waals surface area (Å²) in [5.41, 5.74) is 11.1. The van der Waals surface area contributed by atoms with Gasteiger partial charge in [0.25, 0.3) is 0 Å². The van der Waals surface area contributed by atoms with E-state index >= 15 is 0 Å². The van der Waals surface area contributed by atoms with Crippen molar-refractivity contribution in [2.24, 2.45) is 0 Å². The zero-order valence-corrected chi connectivity index (χ0v) is 30.7. The summed E-state index contributed by atoms with van der Waals surface area (Å²) in [6.45, 7) is 16.7. The topological polar surface area (TPSA) is 83.5 Å². The monoisotopic (exact) mass is 802 g/mol. The maximum Gasteiger partial charge on any atom is 1.00 e. The fraction of sp³-hybridized carbons (Fsp3) is 0.237. The molecule has 0 amide bonds. The fourth-order valence-corrected chi connectivity index (χ4v) is 4.49. The minimum atomic E-state index is 0. The molecule has 9 heteroatoms. The molecule has 0 saturated carbocycles. The normalized spacial score (nSPS) is 10.0. The number of rotatable bonds is 5. The van der Waals surface area contributed by atoms with Crippen LogP contribution in [0.5, 0.6) is 5.75 Å². The molecule has 47 heavy (non-hydrogen) atoms. The first-order valence-electron chi connectivity index (χ1n) is 15.0. The zero-order chi connectivity index (χ0) is 33.2. The van der Waals surface area contributed by atoms with E-state index in [0.717, 1.165) is 51.4 Å². The van der Waals surface area contributed by atoms with Crippen LogP contribution in [0, 0.1) is 73.8 Å². The molecule has 0 atom stereocenters. The number of hydrogen-bond acceptors (Lipinski definition) is 6. The van der Waals surface area contributed by atoms with Crippen LogP contribution in [-0.4, -0.2) is 41.1 Å². The average molecular weight is 801 g/mol. The first-order chi connectivity index (χ1) is 22.1. The molecule has 6 rings (SSSR count). The van der Waals surface area contributed by atoms with Gasteiger partial charge in [-0.3, -0.25) is 0 Å². The summed E-state index contributed by atoms with van der Waals surface area (Å²) in [6, 6.07) is 22.5. The van der Waals surface area contributed by atoms with E-state index in [-0.39, 0.29) is 26.4 Å². The Bertz CT molecular complexity index is 1860. The van der Waals surface area contributed by atoms with Crippen molar-refractivity contribution >= 4 is 0 Å². The van der Waals surface area contributed by atoms with Crippen LogP contribution in [-0.2, 0) is 19.8 Å². The molecule has 6 aromatic rings. The van der Waals surface area contributed by atoms with Crippen LogP contribution in [0.4, 0.5) is 0 Å². The van der Waals surface area contributed by atoms with Gasteiger partial charge in [0.15, 0.2) is 11.6 Å². The quantitative estimate of drug-likeness (QED) is 0.132. The number of aromatic nitrogens is 7. The molecule has 1 radical (unpaired) electrons. The van der Waals surface area contributed by atoms with Gasteiger partial charge in [0.1, 0.15) is 12.4 Å². The third-order valence-corrected chi connectivity index (χ3v) is 7.58. The van der Waals surface area contributed by atoms with E-state index in [0.29, 0.717) is 0 Å². The molecule has 0 N–H and O–H groups in total. The van der Waals surface area contributed by atoms with Gasteiger partial charge in [0.2, 0.25) is 0 Å². The number of pyridine rings is 3. The van der Waals surface area contributed by atoms with Crippen LogP contribution < -0.4 is 4.74 Å². The van der Waals surface area contributed by atoms with Crippen molar-refractivity contribution < 1.29 is 24.5 Å². The number of ether oxygens (including phenoxy) is 1. The van der Waals surface area contributed by atoms with Crippen molar-refractivity contribution in [3.8, 4) is 41.0 Å². The first-order valence-corrected chi connectivity index (χ1v) is 15.0. The summed E-state index contributed by atoms with van der Waals surface area (Å²) in [4.78, 5) is 12.9. The van der Waals surface area contributed by atoms with E-state index in [2.05, 4.69) is 78.7 Å². The Labute approximate surface area is 291 Å². The van der Waals surface area contributed by atoms with Crippen LogP contribution in [0.1, 0.15) is 45.0 Å². The van der Waals surface area contributed by atoms with Gasteiger partial charge in [-0.05, 0) is 120 Å². The van der Waals surface area contributed by atoms with Crippen LogP contribution >= 0.6 is 0 Å². The molecule has 0 aliphatic heterocycles. The minimum Gasteiger partial charge on any atom is -0.482 e. The maximum absolute atomic E-state index is 5.33. The Morgan fingerprint density at radius 1 is 0.702 bits per heavy atom. The number of aryl methyl sites for hydroxylation is 4. The summed E-state index contributed by atoms with van der Waals surface area (Å²) in [5, 5.41) is 8.95. The largest absolute Gasteiger partial charge is 1.00 e. The summed E-state index contributed by atoms with van der Waals surface area (Å²) < 4.78 is 9.13. The first kappa shape index (κ1) is 36.6. The minimum absolute atomic E-state index is 0. The van der Waals surface area contributed by atoms with E-state index in [4.69, 9.17) is 11.2 Å². The van der Waals surface area contributed by atoms with Gasteiger partial charge < -0.3 is 9.72 Å². The predicted molar refractivity (Wildman–Crippen MR) is 183 cm³/mol. The Morgan fingerprint density at radius 2 is 1.23 bits per heavy atom. The molecule has 8 nitrogen and oxygen atoms in total. The summed E-state index contributed by atoms with van der Waals surface area (Å²) >= 11 is 0. The van der Waals surface area contributed by atoms with Gasteiger partial charge in [-0.15, -0.1) is 42.3 Å². The van der Waals surface area contributed by atoms with Crippen molar-refractivity contribution in [3.63, 3.8) is 0 Å². The van der Waals surface area contributed by atoms with E-state index in [1.807, 2.05) is 90.2 Å². The Hall–Kier alpha value is -4.91. The average Bonchev–Trinajstić information content (AvgIpc) is 3.48. The number of terminal acetylenes is 1. The van der Waals surface area contributed by atoms with Crippen molar-refractivity contribution in [2.45, 2.75) is 55.4 Å². The van der Waals surface area contributed by atoms with Crippen LogP contribution in [0.2, 0.25) is 0 Å². The maximum atomic E-state index is 5.33. The van der Waals surface area contributed by atoms with E-state index in [9.17, 15) is 0 Å². The van der Waals surface area contributed by atoms with Gasteiger partial charge in [-0.2, -0.15) is 10.2 Å². The fourth-order valence-electron chi connectivity index (χ4n) is 4.49. The molecule has 0 fully saturated rings. The second-order valence-electron chi connectivity index (χ2n) is 10.9. The van der Waals surface area contributed by atoms with Gasteiger partial charge >= 0.3 is 19.8 Å². The number of hydrogen-bond donors (Lipinski definition) is 0. The SMILES string of the molecule is C#CCOc1ccnc(-c2[c-]cccc2)c1.Cc1ccnc(-n2nc(C)c(C)c2C)c1.Cc1ccnc(-n2nc(C)c(C)c2C)c1.[Os+]. The van der Waals surface area contributed by atoms with Gasteiger partial charge in [0, 0.05) is 30.0 Å². The molecule has 1 aromatic carbocycles. The second-order valence-corrected chi connectivity index (χ2v) is 10.9. The molecule has 0 saturated heterocycles. The Balaban J connectivity index is 0.000000190. The Morgan fingerprint density at radius 3 is 1.66 bits per heavy atom. The van der Waals surface area contributed by atoms with Gasteiger partial charge in [-0.25, -0.2) is 19.3 Å². The molecule has 0 aliphatic rings. The molecular weight excluding hydrogens is 761 g/mol. The molecular formula is C38H40N7OOs. The molecule has 241 valence electrons. The third-order valence-electron chi connectivity index (χ3n) is 7.58. The van der Waals surface area contributed by atoms with Crippen molar-refractivity contribution in [3.05, 3.63) is 130 Å². The smallest absolute Gasteiger partial charge is 0.482 e. The summed E-state index contributed by atoms with van der Waals surface area (Å²) in [6.07, 6.45) is 10.5. The predicted octanol–water partition coefficient (Wildman–Crippen LogP) is 7.56. The van der Waals surface area contributed by atoms with E-state index < -0.39 is 0 Å². The molecule has 0 aliphatic carbocycles. The number of benzene rings is 1. The van der Waals surface area contributed by atoms with Crippen molar-refractivity contribution in [2.75, 3.05) is 6.61 Å². The summed E-state index contributed by atoms with van der Waals surface area (Å²) in [7, 11) is 0. The standard InChI is InChI=1S/C14H10NO.2C12H15N3.Os/c1-2-10-16-13-8-9-15-14(11-13)12-6-4-3-5-7-12;2*1-8-5-6-13-12(7-8)15-11(4)9(2)10(3)14-15;/h1,3-6,8-9,11H,10H2;2*5-7H,1-4H3;/q-1;;;+1. The zero-order valence-electron chi connectivity index (χ0n) is 28.2. The van der Waals surface area contributed by atoms with Crippen LogP contribution in [0.3, 0.4) is 0 Å². The number of nitrogens with zero attached hydrogens (tertiary/aromatic N) is 7. The molecule has 0 spiro atoms. The van der Waals surface area contributed by atoms with E-state index in [1.165, 1.54) is 22.3 Å². The molecule has 5 heterocycles. The molecule has 0 unspecified atom stereocenters. The second kappa shape index (κ2) is 17.1.